The summed E-state index contributed by atoms with van der Waals surface area (Å²) in [5.41, 5.74) is 0.0459. The molecule has 4 rings (SSSR count). The van der Waals surface area contributed by atoms with Crippen LogP contribution in [0.3, 0.4) is 0 Å². The zero-order valence-corrected chi connectivity index (χ0v) is 15.4. The van der Waals surface area contributed by atoms with Gasteiger partial charge in [0.05, 0.1) is 0 Å². The molecule has 0 N–H and O–H groups in total. The third-order valence-electron chi connectivity index (χ3n) is 4.65. The van der Waals surface area contributed by atoms with Gasteiger partial charge in [-0.2, -0.15) is 5.10 Å². The zero-order valence-electron chi connectivity index (χ0n) is 15.4. The summed E-state index contributed by atoms with van der Waals surface area (Å²) in [5, 5.41) is 12.5. The van der Waals surface area contributed by atoms with Crippen molar-refractivity contribution in [2.24, 2.45) is 0 Å². The summed E-state index contributed by atoms with van der Waals surface area (Å²) in [5.74, 6) is -0.00899. The number of hydrogen-bond acceptors (Lipinski definition) is 5. The monoisotopic (exact) mass is 396 g/mol. The van der Waals surface area contributed by atoms with E-state index in [9.17, 15) is 13.6 Å². The Morgan fingerprint density at radius 1 is 1.00 bits per heavy atom. The van der Waals surface area contributed by atoms with Crippen LogP contribution in [0.2, 0.25) is 0 Å². The number of anilines is 1. The first-order chi connectivity index (χ1) is 14.1. The van der Waals surface area contributed by atoms with Gasteiger partial charge in [-0.05, 0) is 42.5 Å². The van der Waals surface area contributed by atoms with Crippen molar-refractivity contribution in [1.29, 1.82) is 0 Å². The van der Waals surface area contributed by atoms with Crippen LogP contribution in [0.5, 0.6) is 0 Å². The highest BCUT2D eigenvalue weighted by atomic mass is 19.1. The minimum Gasteiger partial charge on any atom is -0.352 e. The Morgan fingerprint density at radius 3 is 2.45 bits per heavy atom. The van der Waals surface area contributed by atoms with Crippen LogP contribution >= 0.6 is 0 Å². The largest absolute Gasteiger partial charge is 0.352 e. The van der Waals surface area contributed by atoms with Crippen molar-refractivity contribution < 1.29 is 13.6 Å². The second-order valence-corrected chi connectivity index (χ2v) is 6.51. The number of nitrogens with zero attached hydrogens (tertiary/aromatic N) is 6. The average Bonchev–Trinajstić information content (AvgIpc) is 3.29. The van der Waals surface area contributed by atoms with Crippen LogP contribution < -0.4 is 4.90 Å². The predicted molar refractivity (Wildman–Crippen MR) is 103 cm³/mol. The van der Waals surface area contributed by atoms with Crippen molar-refractivity contribution in [3.63, 3.8) is 0 Å². The Hall–Kier alpha value is -3.62. The minimum absolute atomic E-state index is 0.0459. The van der Waals surface area contributed by atoms with Gasteiger partial charge in [-0.1, -0.05) is 0 Å². The van der Waals surface area contributed by atoms with Crippen molar-refractivity contribution in [3.8, 4) is 5.82 Å². The van der Waals surface area contributed by atoms with Gasteiger partial charge in [-0.25, -0.2) is 13.5 Å². The maximum absolute atomic E-state index is 13.7. The third kappa shape index (κ3) is 4.29. The van der Waals surface area contributed by atoms with Crippen LogP contribution in [-0.2, 0) is 4.79 Å². The Bertz CT molecular complexity index is 1010. The molecule has 1 amide bonds. The molecule has 1 saturated heterocycles. The molecule has 29 heavy (non-hydrogen) atoms. The fraction of sp³-hybridized carbons (Fsp3) is 0.200. The average molecular weight is 396 g/mol. The van der Waals surface area contributed by atoms with Gasteiger partial charge in [0.25, 0.3) is 0 Å². The number of amides is 1. The molecule has 0 atom stereocenters. The highest BCUT2D eigenvalue weighted by Gasteiger charge is 2.21. The number of benzene rings is 1. The molecule has 1 fully saturated rings. The second-order valence-electron chi connectivity index (χ2n) is 6.51. The predicted octanol–water partition coefficient (Wildman–Crippen LogP) is 2.30. The normalized spacial score (nSPS) is 14.6. The van der Waals surface area contributed by atoms with E-state index in [0.29, 0.717) is 32.0 Å². The standard InChI is InChI=1S/C20H18F2N6O/c21-16-3-4-17(22)15(14-16)2-7-20(29)27-12-10-26(11-13-27)18-5-6-19(25-24-18)28-9-1-8-23-28/h1-9,14H,10-13H2/b7-2+. The topological polar surface area (TPSA) is 67.2 Å². The molecular weight excluding hydrogens is 378 g/mol. The summed E-state index contributed by atoms with van der Waals surface area (Å²) < 4.78 is 28.5. The fourth-order valence-corrected chi connectivity index (χ4v) is 3.08. The SMILES string of the molecule is O=C(/C=C/c1cc(F)ccc1F)N1CCN(c2ccc(-n3cccn3)nn2)CC1. The highest BCUT2D eigenvalue weighted by Crippen LogP contribution is 2.15. The van der Waals surface area contributed by atoms with Gasteiger partial charge in [0.2, 0.25) is 5.91 Å². The summed E-state index contributed by atoms with van der Waals surface area (Å²) in [4.78, 5) is 16.1. The Kier molecular flexibility index (Phi) is 5.28. The van der Waals surface area contributed by atoms with Crippen LogP contribution in [-0.4, -0.2) is 57.0 Å². The van der Waals surface area contributed by atoms with Gasteiger partial charge in [-0.15, -0.1) is 10.2 Å². The first-order valence-corrected chi connectivity index (χ1v) is 9.11. The molecule has 0 radical (unpaired) electrons. The van der Waals surface area contributed by atoms with Crippen LogP contribution in [0, 0.1) is 11.6 Å². The molecule has 3 aromatic rings. The molecule has 1 aromatic carbocycles. The molecule has 9 heteroatoms. The molecule has 0 aliphatic carbocycles. The number of halogens is 2. The Labute approximate surface area is 165 Å². The number of aromatic nitrogens is 4. The van der Waals surface area contributed by atoms with Crippen molar-refractivity contribution in [2.45, 2.75) is 0 Å². The molecular formula is C20H18F2N6O. The van der Waals surface area contributed by atoms with E-state index >= 15 is 0 Å². The Balaban J connectivity index is 1.34. The van der Waals surface area contributed by atoms with E-state index in [1.165, 1.54) is 12.2 Å². The van der Waals surface area contributed by atoms with Crippen molar-refractivity contribution in [1.82, 2.24) is 24.9 Å². The van der Waals surface area contributed by atoms with Gasteiger partial charge in [0.1, 0.15) is 11.6 Å². The van der Waals surface area contributed by atoms with Crippen LogP contribution in [0.1, 0.15) is 5.56 Å². The van der Waals surface area contributed by atoms with E-state index in [4.69, 9.17) is 0 Å². The first-order valence-electron chi connectivity index (χ1n) is 9.11. The molecule has 0 spiro atoms. The summed E-state index contributed by atoms with van der Waals surface area (Å²) in [6.07, 6.45) is 6.03. The number of carbonyl (C=O) groups is 1. The van der Waals surface area contributed by atoms with E-state index in [-0.39, 0.29) is 11.5 Å². The molecule has 1 aliphatic rings. The smallest absolute Gasteiger partial charge is 0.246 e. The molecule has 3 heterocycles. The lowest BCUT2D eigenvalue weighted by molar-refractivity contribution is -0.126. The quantitative estimate of drug-likeness (QED) is 0.633. The summed E-state index contributed by atoms with van der Waals surface area (Å²) in [6.45, 7) is 2.20. The Morgan fingerprint density at radius 2 is 1.76 bits per heavy atom. The summed E-state index contributed by atoms with van der Waals surface area (Å²) in [6, 6.07) is 8.65. The lowest BCUT2D eigenvalue weighted by Gasteiger charge is -2.34. The summed E-state index contributed by atoms with van der Waals surface area (Å²) in [7, 11) is 0. The van der Waals surface area contributed by atoms with Gasteiger partial charge in [-0.3, -0.25) is 4.79 Å². The van der Waals surface area contributed by atoms with Gasteiger partial charge < -0.3 is 9.80 Å². The zero-order chi connectivity index (χ0) is 20.2. The molecule has 1 aliphatic heterocycles. The maximum Gasteiger partial charge on any atom is 0.246 e. The number of rotatable bonds is 4. The van der Waals surface area contributed by atoms with Crippen LogP contribution in [0.25, 0.3) is 11.9 Å². The molecule has 0 bridgehead atoms. The minimum atomic E-state index is -0.572. The fourth-order valence-electron chi connectivity index (χ4n) is 3.08. The number of carbonyl (C=O) groups excluding carboxylic acids is 1. The van der Waals surface area contributed by atoms with E-state index in [1.54, 1.807) is 22.0 Å². The molecule has 2 aromatic heterocycles. The van der Waals surface area contributed by atoms with Crippen LogP contribution in [0.15, 0.2) is 54.9 Å². The molecule has 0 saturated carbocycles. The third-order valence-corrected chi connectivity index (χ3v) is 4.65. The first kappa shape index (κ1) is 18.7. The van der Waals surface area contributed by atoms with Gasteiger partial charge >= 0.3 is 0 Å². The van der Waals surface area contributed by atoms with Crippen molar-refractivity contribution in [2.75, 3.05) is 31.1 Å². The second kappa shape index (κ2) is 8.17. The molecule has 0 unspecified atom stereocenters. The molecule has 7 nitrogen and oxygen atoms in total. The van der Waals surface area contributed by atoms with E-state index in [1.807, 2.05) is 23.1 Å². The highest BCUT2D eigenvalue weighted by molar-refractivity contribution is 5.92. The van der Waals surface area contributed by atoms with E-state index in [2.05, 4.69) is 15.3 Å². The number of hydrogen-bond donors (Lipinski definition) is 0. The van der Waals surface area contributed by atoms with Crippen LogP contribution in [0.4, 0.5) is 14.6 Å². The van der Waals surface area contributed by atoms with Gasteiger partial charge in [0.15, 0.2) is 11.6 Å². The van der Waals surface area contributed by atoms with Crippen molar-refractivity contribution >= 4 is 17.8 Å². The lowest BCUT2D eigenvalue weighted by atomic mass is 10.2. The lowest BCUT2D eigenvalue weighted by Crippen LogP contribution is -2.48. The maximum atomic E-state index is 13.7. The number of piperazine rings is 1. The molecule has 148 valence electrons. The van der Waals surface area contributed by atoms with E-state index < -0.39 is 11.6 Å². The van der Waals surface area contributed by atoms with E-state index in [0.717, 1.165) is 24.0 Å². The summed E-state index contributed by atoms with van der Waals surface area (Å²) >= 11 is 0. The van der Waals surface area contributed by atoms with Crippen molar-refractivity contribution in [3.05, 3.63) is 72.1 Å². The van der Waals surface area contributed by atoms with Gasteiger partial charge in [0, 0.05) is 50.2 Å².